The van der Waals surface area contributed by atoms with Crippen LogP contribution in [0.2, 0.25) is 0 Å². The lowest BCUT2D eigenvalue weighted by molar-refractivity contribution is 0.170. The van der Waals surface area contributed by atoms with Crippen molar-refractivity contribution in [2.24, 2.45) is 0 Å². The number of nitrogens with zero attached hydrogens (tertiary/aromatic N) is 2. The average molecular weight is 310 g/mol. The van der Waals surface area contributed by atoms with Crippen molar-refractivity contribution >= 4 is 5.69 Å². The minimum atomic E-state index is -0.159. The highest BCUT2D eigenvalue weighted by atomic mass is 19.1. The first-order valence-electron chi connectivity index (χ1n) is 8.61. The fourth-order valence-electron chi connectivity index (χ4n) is 3.99. The summed E-state index contributed by atoms with van der Waals surface area (Å²) in [5, 5.41) is 0. The van der Waals surface area contributed by atoms with Gasteiger partial charge in [-0.3, -0.25) is 4.90 Å². The zero-order valence-corrected chi connectivity index (χ0v) is 13.4. The Morgan fingerprint density at radius 1 is 0.826 bits per heavy atom. The zero-order chi connectivity index (χ0) is 15.6. The van der Waals surface area contributed by atoms with E-state index in [9.17, 15) is 4.39 Å². The molecule has 0 amide bonds. The highest BCUT2D eigenvalue weighted by Crippen LogP contribution is 2.26. The van der Waals surface area contributed by atoms with Crippen LogP contribution >= 0.6 is 0 Å². The van der Waals surface area contributed by atoms with Gasteiger partial charge < -0.3 is 4.90 Å². The summed E-state index contributed by atoms with van der Waals surface area (Å²) in [6.07, 6.45) is 3.67. The Morgan fingerprint density at radius 3 is 2.26 bits per heavy atom. The van der Waals surface area contributed by atoms with Gasteiger partial charge in [0.2, 0.25) is 0 Å². The highest BCUT2D eigenvalue weighted by molar-refractivity contribution is 5.46. The summed E-state index contributed by atoms with van der Waals surface area (Å²) >= 11 is 0. The summed E-state index contributed by atoms with van der Waals surface area (Å²) in [6.45, 7) is 4.27. The summed E-state index contributed by atoms with van der Waals surface area (Å²) in [7, 11) is 0. The van der Waals surface area contributed by atoms with Gasteiger partial charge in [-0.2, -0.15) is 0 Å². The second-order valence-corrected chi connectivity index (χ2v) is 6.66. The molecule has 23 heavy (non-hydrogen) atoms. The van der Waals surface area contributed by atoms with Gasteiger partial charge in [-0.15, -0.1) is 0 Å². The fraction of sp³-hybridized carbons (Fsp3) is 0.400. The van der Waals surface area contributed by atoms with Gasteiger partial charge in [0.15, 0.2) is 0 Å². The lowest BCUT2D eigenvalue weighted by atomic mass is 9.87. The molecule has 0 unspecified atom stereocenters. The standard InChI is InChI=1S/C20H23FN2/c21-18-6-9-19(10-7-18)22-11-13-23(14-12-22)20-8-5-16-3-1-2-4-17(16)15-20/h1-4,6-7,9-10,20H,5,8,11-15H2/t20-/m1/s1. The van der Waals surface area contributed by atoms with Gasteiger partial charge in [0.05, 0.1) is 0 Å². The Hall–Kier alpha value is -1.87. The van der Waals surface area contributed by atoms with Crippen LogP contribution < -0.4 is 4.90 Å². The Morgan fingerprint density at radius 2 is 1.52 bits per heavy atom. The molecular formula is C20H23FN2. The maximum Gasteiger partial charge on any atom is 0.123 e. The van der Waals surface area contributed by atoms with Crippen molar-refractivity contribution in [3.8, 4) is 0 Å². The Kier molecular flexibility index (Phi) is 4.04. The molecule has 2 nitrogen and oxygen atoms in total. The molecule has 2 aromatic carbocycles. The molecule has 1 aliphatic heterocycles. The van der Waals surface area contributed by atoms with Crippen molar-refractivity contribution in [2.75, 3.05) is 31.1 Å². The van der Waals surface area contributed by atoms with E-state index in [-0.39, 0.29) is 5.82 Å². The highest BCUT2D eigenvalue weighted by Gasteiger charge is 2.27. The van der Waals surface area contributed by atoms with Gasteiger partial charge in [-0.05, 0) is 54.7 Å². The van der Waals surface area contributed by atoms with E-state index in [0.717, 1.165) is 31.9 Å². The van der Waals surface area contributed by atoms with E-state index in [2.05, 4.69) is 34.1 Å². The number of fused-ring (bicyclic) bond motifs is 1. The van der Waals surface area contributed by atoms with Crippen molar-refractivity contribution < 1.29 is 4.39 Å². The van der Waals surface area contributed by atoms with E-state index in [4.69, 9.17) is 0 Å². The smallest absolute Gasteiger partial charge is 0.123 e. The van der Waals surface area contributed by atoms with Crippen LogP contribution in [0.15, 0.2) is 48.5 Å². The molecule has 0 spiro atoms. The maximum absolute atomic E-state index is 13.1. The Balaban J connectivity index is 1.38. The topological polar surface area (TPSA) is 6.48 Å². The lowest BCUT2D eigenvalue weighted by Gasteiger charge is -2.42. The van der Waals surface area contributed by atoms with Crippen molar-refractivity contribution in [3.05, 3.63) is 65.5 Å². The van der Waals surface area contributed by atoms with Gasteiger partial charge in [0.1, 0.15) is 5.82 Å². The second-order valence-electron chi connectivity index (χ2n) is 6.66. The molecule has 0 radical (unpaired) electrons. The van der Waals surface area contributed by atoms with Gasteiger partial charge >= 0.3 is 0 Å². The molecule has 1 aliphatic carbocycles. The first-order valence-corrected chi connectivity index (χ1v) is 8.61. The number of piperazine rings is 1. The van der Waals surface area contributed by atoms with Crippen LogP contribution in [0.4, 0.5) is 10.1 Å². The first kappa shape index (κ1) is 14.7. The number of halogens is 1. The fourth-order valence-corrected chi connectivity index (χ4v) is 3.99. The molecule has 1 heterocycles. The van der Waals surface area contributed by atoms with Crippen molar-refractivity contribution in [1.29, 1.82) is 0 Å². The largest absolute Gasteiger partial charge is 0.369 e. The molecule has 0 N–H and O–H groups in total. The minimum Gasteiger partial charge on any atom is -0.369 e. The summed E-state index contributed by atoms with van der Waals surface area (Å²) < 4.78 is 13.1. The quantitative estimate of drug-likeness (QED) is 0.837. The van der Waals surface area contributed by atoms with Crippen molar-refractivity contribution in [1.82, 2.24) is 4.90 Å². The van der Waals surface area contributed by atoms with Crippen LogP contribution in [-0.4, -0.2) is 37.1 Å². The van der Waals surface area contributed by atoms with Crippen LogP contribution in [0.3, 0.4) is 0 Å². The van der Waals surface area contributed by atoms with Crippen LogP contribution in [0.1, 0.15) is 17.5 Å². The van der Waals surface area contributed by atoms with Crippen molar-refractivity contribution in [2.45, 2.75) is 25.3 Å². The SMILES string of the molecule is Fc1ccc(N2CCN([C@@H]3CCc4ccccc4C3)CC2)cc1. The molecular weight excluding hydrogens is 287 g/mol. The second kappa shape index (κ2) is 6.32. The first-order chi connectivity index (χ1) is 11.3. The predicted octanol–water partition coefficient (Wildman–Crippen LogP) is 3.51. The molecule has 1 fully saturated rings. The number of benzene rings is 2. The number of hydrogen-bond acceptors (Lipinski definition) is 2. The van der Waals surface area contributed by atoms with E-state index in [1.54, 1.807) is 12.1 Å². The Bertz CT molecular complexity index is 660. The lowest BCUT2D eigenvalue weighted by Crippen LogP contribution is -2.51. The van der Waals surface area contributed by atoms with E-state index in [0.29, 0.717) is 6.04 Å². The molecule has 0 aromatic heterocycles. The molecule has 3 heteroatoms. The third-order valence-corrected chi connectivity index (χ3v) is 5.34. The van der Waals surface area contributed by atoms with Crippen LogP contribution in [0.25, 0.3) is 0 Å². The molecule has 0 bridgehead atoms. The van der Waals surface area contributed by atoms with Gasteiger partial charge in [-0.25, -0.2) is 4.39 Å². The average Bonchev–Trinajstić information content (AvgIpc) is 2.62. The van der Waals surface area contributed by atoms with Gasteiger partial charge in [0, 0.05) is 37.9 Å². The maximum atomic E-state index is 13.1. The van der Waals surface area contributed by atoms with Gasteiger partial charge in [-0.1, -0.05) is 24.3 Å². The normalized spacial score (nSPS) is 22.0. The van der Waals surface area contributed by atoms with E-state index < -0.39 is 0 Å². The number of anilines is 1. The molecule has 2 aromatic rings. The monoisotopic (exact) mass is 310 g/mol. The molecule has 2 aliphatic rings. The van der Waals surface area contributed by atoms with Crippen LogP contribution in [0, 0.1) is 5.82 Å². The summed E-state index contributed by atoms with van der Waals surface area (Å²) in [5.74, 6) is -0.159. The number of rotatable bonds is 2. The molecule has 1 saturated heterocycles. The summed E-state index contributed by atoms with van der Waals surface area (Å²) in [5.41, 5.74) is 4.21. The van der Waals surface area contributed by atoms with Crippen LogP contribution in [-0.2, 0) is 12.8 Å². The van der Waals surface area contributed by atoms with E-state index >= 15 is 0 Å². The van der Waals surface area contributed by atoms with E-state index in [1.807, 2.05) is 12.1 Å². The number of aryl methyl sites for hydroxylation is 1. The summed E-state index contributed by atoms with van der Waals surface area (Å²) in [6, 6.07) is 16.5. The third-order valence-electron chi connectivity index (χ3n) is 5.34. The Labute approximate surface area is 137 Å². The summed E-state index contributed by atoms with van der Waals surface area (Å²) in [4.78, 5) is 5.02. The van der Waals surface area contributed by atoms with Crippen molar-refractivity contribution in [3.63, 3.8) is 0 Å². The zero-order valence-electron chi connectivity index (χ0n) is 13.4. The molecule has 1 atom stereocenters. The molecule has 120 valence electrons. The van der Waals surface area contributed by atoms with Gasteiger partial charge in [0.25, 0.3) is 0 Å². The molecule has 4 rings (SSSR count). The third kappa shape index (κ3) is 3.11. The van der Waals surface area contributed by atoms with E-state index in [1.165, 1.54) is 30.4 Å². The van der Waals surface area contributed by atoms with Crippen LogP contribution in [0.5, 0.6) is 0 Å². The molecule has 0 saturated carbocycles. The predicted molar refractivity (Wildman–Crippen MR) is 92.4 cm³/mol. The number of hydrogen-bond donors (Lipinski definition) is 0. The minimum absolute atomic E-state index is 0.159.